The van der Waals surface area contributed by atoms with Crippen LogP contribution in [-0.2, 0) is 10.0 Å². The van der Waals surface area contributed by atoms with Crippen molar-refractivity contribution in [1.82, 2.24) is 14.9 Å². The normalized spacial score (nSPS) is 11.6. The first-order valence-electron chi connectivity index (χ1n) is 9.00. The number of amides is 1. The van der Waals surface area contributed by atoms with E-state index in [2.05, 4.69) is 46.2 Å². The Balaban J connectivity index is 1.81. The summed E-state index contributed by atoms with van der Waals surface area (Å²) in [6.07, 6.45) is 0. The molecule has 0 unspecified atom stereocenters. The Morgan fingerprint density at radius 2 is 1.76 bits per heavy atom. The zero-order valence-corrected chi connectivity index (χ0v) is 18.2. The van der Waals surface area contributed by atoms with Crippen molar-refractivity contribution in [2.45, 2.75) is 31.6 Å². The van der Waals surface area contributed by atoms with E-state index in [9.17, 15) is 13.2 Å². The van der Waals surface area contributed by atoms with Crippen LogP contribution in [0.2, 0.25) is 0 Å². The first kappa shape index (κ1) is 21.1. The zero-order valence-electron chi connectivity index (χ0n) is 16.6. The molecule has 0 fully saturated rings. The molecular formula is C20H22N4O3S2. The molecule has 2 N–H and O–H groups in total. The van der Waals surface area contributed by atoms with Crippen LogP contribution in [0.15, 0.2) is 47.4 Å². The zero-order chi connectivity index (χ0) is 21.2. The van der Waals surface area contributed by atoms with Gasteiger partial charge in [-0.3, -0.25) is 10.1 Å². The second kappa shape index (κ2) is 8.40. The molecule has 1 heterocycles. The second-order valence-electron chi connectivity index (χ2n) is 6.83. The van der Waals surface area contributed by atoms with Gasteiger partial charge < -0.3 is 0 Å². The largest absolute Gasteiger partial charge is 0.296 e. The molecule has 0 aliphatic carbocycles. The second-order valence-corrected chi connectivity index (χ2v) is 9.69. The Bertz CT molecular complexity index is 1140. The summed E-state index contributed by atoms with van der Waals surface area (Å²) >= 11 is 1.26. The van der Waals surface area contributed by atoms with Crippen molar-refractivity contribution in [2.75, 3.05) is 12.4 Å². The number of nitrogens with zero attached hydrogens (tertiary/aromatic N) is 2. The number of benzene rings is 2. The summed E-state index contributed by atoms with van der Waals surface area (Å²) in [7, 11) is -2.32. The van der Waals surface area contributed by atoms with E-state index in [4.69, 9.17) is 0 Å². The van der Waals surface area contributed by atoms with E-state index < -0.39 is 15.9 Å². The van der Waals surface area contributed by atoms with Crippen molar-refractivity contribution >= 4 is 32.4 Å². The third-order valence-corrected chi connectivity index (χ3v) is 6.80. The summed E-state index contributed by atoms with van der Waals surface area (Å²) in [4.78, 5) is 12.7. The van der Waals surface area contributed by atoms with Gasteiger partial charge in [-0.15, -0.1) is 10.2 Å². The van der Waals surface area contributed by atoms with Crippen LogP contribution < -0.4 is 10.0 Å². The number of rotatable bonds is 6. The fourth-order valence-corrected chi connectivity index (χ4v) is 4.20. The van der Waals surface area contributed by atoms with E-state index >= 15 is 0 Å². The number of hydrogen-bond acceptors (Lipinski definition) is 6. The van der Waals surface area contributed by atoms with Gasteiger partial charge in [0.2, 0.25) is 15.2 Å². The maximum Gasteiger partial charge on any atom is 0.257 e. The third-order valence-electron chi connectivity index (χ3n) is 4.50. The Morgan fingerprint density at radius 3 is 2.38 bits per heavy atom. The predicted molar refractivity (Wildman–Crippen MR) is 115 cm³/mol. The molecule has 9 heteroatoms. The van der Waals surface area contributed by atoms with Gasteiger partial charge in [-0.05, 0) is 43.1 Å². The molecule has 1 aromatic heterocycles. The molecule has 0 radical (unpaired) electrons. The highest BCUT2D eigenvalue weighted by atomic mass is 32.2. The Kier molecular flexibility index (Phi) is 6.11. The average Bonchev–Trinajstić information content (AvgIpc) is 3.16. The van der Waals surface area contributed by atoms with Crippen molar-refractivity contribution in [1.29, 1.82) is 0 Å². The minimum atomic E-state index is -3.64. The van der Waals surface area contributed by atoms with Crippen LogP contribution in [0.5, 0.6) is 0 Å². The number of carbonyl (C=O) groups is 1. The fraction of sp³-hybridized carbons (Fsp3) is 0.250. The third kappa shape index (κ3) is 4.69. The molecule has 0 saturated carbocycles. The maximum absolute atomic E-state index is 12.7. The van der Waals surface area contributed by atoms with Gasteiger partial charge in [0.1, 0.15) is 5.01 Å². The topological polar surface area (TPSA) is 101 Å². The van der Waals surface area contributed by atoms with E-state index in [1.54, 1.807) is 13.0 Å². The molecule has 7 nitrogen and oxygen atoms in total. The first-order chi connectivity index (χ1) is 13.7. The number of aryl methyl sites for hydroxylation is 1. The lowest BCUT2D eigenvalue weighted by atomic mass is 10.0. The number of aromatic nitrogens is 2. The molecule has 0 saturated heterocycles. The number of carbonyl (C=O) groups excluding carboxylic acids is 1. The minimum absolute atomic E-state index is 0.0268. The first-order valence-corrected chi connectivity index (χ1v) is 11.3. The van der Waals surface area contributed by atoms with Gasteiger partial charge in [0.25, 0.3) is 5.91 Å². The summed E-state index contributed by atoms with van der Waals surface area (Å²) in [6, 6.07) is 12.5. The molecule has 0 atom stereocenters. The van der Waals surface area contributed by atoms with Gasteiger partial charge >= 0.3 is 0 Å². The highest BCUT2D eigenvalue weighted by Crippen LogP contribution is 2.28. The van der Waals surface area contributed by atoms with E-state index in [1.165, 1.54) is 36.1 Å². The monoisotopic (exact) mass is 430 g/mol. The highest BCUT2D eigenvalue weighted by Gasteiger charge is 2.18. The lowest BCUT2D eigenvalue weighted by molar-refractivity contribution is 0.102. The summed E-state index contributed by atoms with van der Waals surface area (Å²) in [6.45, 7) is 6.01. The molecule has 1 amide bonds. The smallest absolute Gasteiger partial charge is 0.257 e. The van der Waals surface area contributed by atoms with Crippen LogP contribution in [0.1, 0.15) is 41.3 Å². The van der Waals surface area contributed by atoms with Crippen LogP contribution in [0.25, 0.3) is 10.6 Å². The van der Waals surface area contributed by atoms with Crippen LogP contribution >= 0.6 is 11.3 Å². The lowest BCUT2D eigenvalue weighted by Gasteiger charge is -2.08. The summed E-state index contributed by atoms with van der Waals surface area (Å²) < 4.78 is 26.3. The Labute approximate surface area is 174 Å². The molecule has 0 aliphatic heterocycles. The maximum atomic E-state index is 12.7. The summed E-state index contributed by atoms with van der Waals surface area (Å²) in [5.74, 6) is 0.00699. The summed E-state index contributed by atoms with van der Waals surface area (Å²) in [5.41, 5.74) is 3.08. The van der Waals surface area contributed by atoms with Crippen molar-refractivity contribution in [3.63, 3.8) is 0 Å². The van der Waals surface area contributed by atoms with Gasteiger partial charge in [0, 0.05) is 11.1 Å². The molecule has 3 rings (SSSR count). The van der Waals surface area contributed by atoms with Gasteiger partial charge in [-0.1, -0.05) is 55.5 Å². The minimum Gasteiger partial charge on any atom is -0.296 e. The number of hydrogen-bond donors (Lipinski definition) is 2. The number of sulfonamides is 1. The quantitative estimate of drug-likeness (QED) is 0.619. The standard InChI is InChI=1S/C20H22N4O3S2/c1-12(2)14-6-8-15(9-7-14)19-23-24-20(28-19)22-18(25)17-11-16(10-5-13(17)3)29(26,27)21-4/h5-12,21H,1-4H3,(H,22,24,25). The van der Waals surface area contributed by atoms with E-state index in [0.717, 1.165) is 5.56 Å². The van der Waals surface area contributed by atoms with Gasteiger partial charge in [0.05, 0.1) is 4.90 Å². The fourth-order valence-electron chi connectivity index (χ4n) is 2.70. The van der Waals surface area contributed by atoms with Crippen molar-refractivity contribution in [2.24, 2.45) is 0 Å². The van der Waals surface area contributed by atoms with Crippen molar-refractivity contribution in [3.8, 4) is 10.6 Å². The van der Waals surface area contributed by atoms with Gasteiger partial charge in [0.15, 0.2) is 0 Å². The SMILES string of the molecule is CNS(=O)(=O)c1ccc(C)c(C(=O)Nc2nnc(-c3ccc(C(C)C)cc3)s2)c1. The van der Waals surface area contributed by atoms with E-state index in [0.29, 0.717) is 21.6 Å². The molecular weight excluding hydrogens is 408 g/mol. The van der Waals surface area contributed by atoms with E-state index in [1.807, 2.05) is 12.1 Å². The van der Waals surface area contributed by atoms with Crippen LogP contribution in [0.4, 0.5) is 5.13 Å². The number of nitrogens with one attached hydrogen (secondary N) is 2. The lowest BCUT2D eigenvalue weighted by Crippen LogP contribution is -2.20. The van der Waals surface area contributed by atoms with Crippen LogP contribution in [0.3, 0.4) is 0 Å². The molecule has 0 bridgehead atoms. The molecule has 29 heavy (non-hydrogen) atoms. The van der Waals surface area contributed by atoms with Gasteiger partial charge in [-0.2, -0.15) is 0 Å². The summed E-state index contributed by atoms with van der Waals surface area (Å²) in [5, 5.41) is 11.9. The Morgan fingerprint density at radius 1 is 1.07 bits per heavy atom. The van der Waals surface area contributed by atoms with Gasteiger partial charge in [-0.25, -0.2) is 13.1 Å². The molecule has 152 valence electrons. The molecule has 2 aromatic carbocycles. The Hall–Kier alpha value is -2.62. The van der Waals surface area contributed by atoms with Crippen LogP contribution in [-0.4, -0.2) is 31.6 Å². The van der Waals surface area contributed by atoms with E-state index in [-0.39, 0.29) is 10.5 Å². The predicted octanol–water partition coefficient (Wildman–Crippen LogP) is 3.80. The number of anilines is 1. The highest BCUT2D eigenvalue weighted by molar-refractivity contribution is 7.89. The van der Waals surface area contributed by atoms with Crippen molar-refractivity contribution < 1.29 is 13.2 Å². The molecule has 0 spiro atoms. The van der Waals surface area contributed by atoms with Crippen molar-refractivity contribution in [3.05, 3.63) is 59.2 Å². The average molecular weight is 431 g/mol. The molecule has 0 aliphatic rings. The van der Waals surface area contributed by atoms with Crippen LogP contribution in [0, 0.1) is 6.92 Å². The molecule has 3 aromatic rings.